The van der Waals surface area contributed by atoms with Gasteiger partial charge in [0.2, 0.25) is 0 Å². The fourth-order valence-corrected chi connectivity index (χ4v) is 6.09. The second kappa shape index (κ2) is 11.3. The number of carbonyl (C=O) groups is 1. The summed E-state index contributed by atoms with van der Waals surface area (Å²) in [5.74, 6) is 1.55. The van der Waals surface area contributed by atoms with E-state index >= 15 is 0 Å². The zero-order valence-corrected chi connectivity index (χ0v) is 25.2. The molecule has 5 aromatic rings. The van der Waals surface area contributed by atoms with Gasteiger partial charge in [-0.1, -0.05) is 18.2 Å². The third-order valence-electron chi connectivity index (χ3n) is 8.53. The van der Waals surface area contributed by atoms with Gasteiger partial charge in [-0.3, -0.25) is 20.2 Å². The zero-order valence-electron chi connectivity index (χ0n) is 25.2. The number of fused-ring (bicyclic) bond motifs is 6. The molecule has 0 aliphatic carbocycles. The van der Waals surface area contributed by atoms with Crippen LogP contribution in [0.15, 0.2) is 97.1 Å². The van der Waals surface area contributed by atoms with E-state index < -0.39 is 21.4 Å². The average molecular weight is 631 g/mol. The van der Waals surface area contributed by atoms with Crippen molar-refractivity contribution in [2.45, 2.75) is 32.7 Å². The summed E-state index contributed by atoms with van der Waals surface area (Å²) in [7, 11) is 0. The van der Waals surface area contributed by atoms with Crippen molar-refractivity contribution in [1.82, 2.24) is 0 Å². The van der Waals surface area contributed by atoms with Gasteiger partial charge in [-0.2, -0.15) is 0 Å². The molecule has 0 aromatic heterocycles. The van der Waals surface area contributed by atoms with E-state index in [-0.39, 0.29) is 24.6 Å². The van der Waals surface area contributed by atoms with Crippen molar-refractivity contribution in [2.75, 3.05) is 0 Å². The molecule has 0 N–H and O–H groups in total. The summed E-state index contributed by atoms with van der Waals surface area (Å²) < 4.78 is 25.3. The fraction of sp³-hybridized carbons (Fsp3) is 0.139. The van der Waals surface area contributed by atoms with Crippen LogP contribution in [0.25, 0.3) is 0 Å². The minimum atomic E-state index is -1.29. The summed E-state index contributed by atoms with van der Waals surface area (Å²) in [6, 6.07) is 26.8. The first-order chi connectivity index (χ1) is 22.7. The van der Waals surface area contributed by atoms with Crippen molar-refractivity contribution in [2.24, 2.45) is 0 Å². The van der Waals surface area contributed by atoms with Crippen molar-refractivity contribution >= 4 is 17.3 Å². The number of non-ortho nitro benzene ring substituents is 2. The van der Waals surface area contributed by atoms with E-state index in [0.29, 0.717) is 56.4 Å². The Morgan fingerprint density at radius 2 is 1.11 bits per heavy atom. The molecule has 234 valence electrons. The van der Waals surface area contributed by atoms with Gasteiger partial charge in [-0.05, 0) is 79.6 Å². The van der Waals surface area contributed by atoms with Gasteiger partial charge in [0.25, 0.3) is 11.4 Å². The number of benzene rings is 5. The Labute approximate surface area is 268 Å². The lowest BCUT2D eigenvalue weighted by molar-refractivity contribution is -0.385. The van der Waals surface area contributed by atoms with E-state index in [1.54, 1.807) is 48.5 Å². The van der Waals surface area contributed by atoms with Gasteiger partial charge in [0, 0.05) is 52.1 Å². The van der Waals surface area contributed by atoms with Crippen LogP contribution < -0.4 is 14.2 Å². The third-order valence-corrected chi connectivity index (χ3v) is 8.53. The summed E-state index contributed by atoms with van der Waals surface area (Å²) in [6.45, 7) is 4.04. The Bertz CT molecular complexity index is 1970. The summed E-state index contributed by atoms with van der Waals surface area (Å²) >= 11 is 0. The molecular weight excluding hydrogens is 604 g/mol. The first-order valence-electron chi connectivity index (χ1n) is 14.7. The number of hydrogen-bond donors (Lipinski definition) is 0. The molecule has 0 saturated carbocycles. The molecule has 7 rings (SSSR count). The van der Waals surface area contributed by atoms with E-state index in [2.05, 4.69) is 0 Å². The van der Waals surface area contributed by atoms with Gasteiger partial charge in [-0.15, -0.1) is 0 Å². The lowest BCUT2D eigenvalue weighted by Crippen LogP contribution is -2.33. The molecule has 0 saturated heterocycles. The van der Waals surface area contributed by atoms with Gasteiger partial charge in [0.05, 0.1) is 15.4 Å². The predicted molar refractivity (Wildman–Crippen MR) is 169 cm³/mol. The van der Waals surface area contributed by atoms with Gasteiger partial charge >= 0.3 is 5.97 Å². The molecule has 5 aromatic carbocycles. The molecule has 0 amide bonds. The van der Waals surface area contributed by atoms with E-state index in [1.807, 2.05) is 38.1 Å². The van der Waals surface area contributed by atoms with Crippen LogP contribution in [0.2, 0.25) is 0 Å². The maximum Gasteiger partial charge on any atom is 0.340 e. The first kappa shape index (κ1) is 29.5. The number of ether oxygens (including phenoxy) is 4. The van der Waals surface area contributed by atoms with Crippen LogP contribution in [0.5, 0.6) is 23.0 Å². The molecule has 0 atom stereocenters. The van der Waals surface area contributed by atoms with E-state index in [9.17, 15) is 25.0 Å². The van der Waals surface area contributed by atoms with Crippen LogP contribution >= 0.6 is 0 Å². The maximum absolute atomic E-state index is 13.3. The highest BCUT2D eigenvalue weighted by Crippen LogP contribution is 2.59. The van der Waals surface area contributed by atoms with Crippen molar-refractivity contribution in [3.05, 3.63) is 162 Å². The van der Waals surface area contributed by atoms with Crippen molar-refractivity contribution in [3.8, 4) is 23.0 Å². The molecule has 0 bridgehead atoms. The fourth-order valence-electron chi connectivity index (χ4n) is 6.09. The Morgan fingerprint density at radius 3 is 1.57 bits per heavy atom. The highest BCUT2D eigenvalue weighted by Gasteiger charge is 2.54. The lowest BCUT2D eigenvalue weighted by atomic mass is 9.76. The first-order valence-corrected chi connectivity index (χ1v) is 14.7. The van der Waals surface area contributed by atoms with E-state index in [1.165, 1.54) is 24.3 Å². The molecule has 2 aliphatic rings. The Morgan fingerprint density at radius 1 is 0.638 bits per heavy atom. The number of hydrogen-bond acceptors (Lipinski definition) is 9. The van der Waals surface area contributed by atoms with Crippen LogP contribution in [-0.4, -0.2) is 15.8 Å². The second-order valence-corrected chi connectivity index (χ2v) is 11.3. The maximum atomic E-state index is 13.3. The quantitative estimate of drug-likeness (QED) is 0.0952. The smallest absolute Gasteiger partial charge is 0.340 e. The number of rotatable bonds is 8. The monoisotopic (exact) mass is 630 g/mol. The highest BCUT2D eigenvalue weighted by molar-refractivity contribution is 5.97. The molecule has 1 spiro atoms. The van der Waals surface area contributed by atoms with Crippen LogP contribution in [0.1, 0.15) is 49.3 Å². The Kier molecular flexibility index (Phi) is 7.08. The summed E-state index contributed by atoms with van der Waals surface area (Å²) in [6.07, 6.45) is 0. The van der Waals surface area contributed by atoms with Crippen molar-refractivity contribution < 1.29 is 33.6 Å². The third kappa shape index (κ3) is 4.88. The summed E-state index contributed by atoms with van der Waals surface area (Å²) in [4.78, 5) is 34.5. The van der Waals surface area contributed by atoms with E-state index in [4.69, 9.17) is 18.9 Å². The largest absolute Gasteiger partial charge is 0.488 e. The number of carbonyl (C=O) groups excluding carboxylic acids is 1. The number of nitro groups is 2. The van der Waals surface area contributed by atoms with Gasteiger partial charge in [0.1, 0.15) is 36.2 Å². The number of nitrogens with zero attached hydrogens (tertiary/aromatic N) is 2. The average Bonchev–Trinajstić information content (AvgIpc) is 3.37. The topological polar surface area (TPSA) is 140 Å². The molecular formula is C36H26N2O9. The predicted octanol–water partition coefficient (Wildman–Crippen LogP) is 7.85. The summed E-state index contributed by atoms with van der Waals surface area (Å²) in [5, 5.41) is 22.1. The van der Waals surface area contributed by atoms with Crippen LogP contribution in [0, 0.1) is 34.1 Å². The standard InChI is InChI=1S/C36H26N2O9/c1-21-31(44-19-23-7-11-25(12-8-23)37(40)41)17-15-29-33(21)46-34-22(2)32(45-20-24-9-13-26(14-10-24)38(42)43)18-16-30(34)36(29)28-6-4-3-5-27(28)35(39)47-36/h3-18H,19-20H2,1-2H3. The van der Waals surface area contributed by atoms with Gasteiger partial charge in [-0.25, -0.2) is 4.79 Å². The molecule has 0 fully saturated rings. The number of nitro benzene ring substituents is 2. The normalized spacial score (nSPS) is 13.5. The molecule has 0 radical (unpaired) electrons. The Balaban J connectivity index is 1.27. The highest BCUT2D eigenvalue weighted by atomic mass is 16.6. The minimum Gasteiger partial charge on any atom is -0.488 e. The Hall–Kier alpha value is -6.23. The molecule has 11 heteroatoms. The van der Waals surface area contributed by atoms with Crippen LogP contribution in [0.4, 0.5) is 11.4 Å². The SMILES string of the molecule is Cc1c(OCc2ccc([N+](=O)[O-])cc2)ccc2c1Oc1c(ccc(OCc3ccc([N+](=O)[O-])cc3)c1C)C21OC(=O)c2ccccc21. The second-order valence-electron chi connectivity index (χ2n) is 11.3. The van der Waals surface area contributed by atoms with Crippen molar-refractivity contribution in [3.63, 3.8) is 0 Å². The summed E-state index contributed by atoms with van der Waals surface area (Å²) in [5.41, 5.74) is 3.97. The van der Waals surface area contributed by atoms with Gasteiger partial charge < -0.3 is 18.9 Å². The van der Waals surface area contributed by atoms with Crippen LogP contribution in [-0.2, 0) is 23.6 Å². The molecule has 11 nitrogen and oxygen atoms in total. The molecule has 2 heterocycles. The van der Waals surface area contributed by atoms with Crippen LogP contribution in [0.3, 0.4) is 0 Å². The molecule has 2 aliphatic heterocycles. The van der Waals surface area contributed by atoms with Gasteiger partial charge in [0.15, 0.2) is 5.60 Å². The zero-order chi connectivity index (χ0) is 32.9. The molecule has 47 heavy (non-hydrogen) atoms. The van der Waals surface area contributed by atoms with Crippen molar-refractivity contribution in [1.29, 1.82) is 0 Å². The van der Waals surface area contributed by atoms with E-state index in [0.717, 1.165) is 11.1 Å². The number of esters is 1. The lowest BCUT2D eigenvalue weighted by Gasteiger charge is -2.38. The molecule has 0 unspecified atom stereocenters. The minimum absolute atomic E-state index is 0.00562.